The largest absolute Gasteiger partial charge is 0.394 e. The summed E-state index contributed by atoms with van der Waals surface area (Å²) in [6.07, 6.45) is 4.00. The number of hydrogen-bond donors (Lipinski definition) is 4. The standard InChI is InChI=1S/C21H25ClFN7O4S/c1-12-9-30(35(33,34)15-7-25-21(26-8-15)27-14(10-31)11-32)5-4-16(12)18-19(22)29-20(28-18)17-3-2-13(23)6-24-17/h2-3,6-8,12,14,16,31-32H,4-5,9-11H2,1H3,(H,28,29)(H,25,26,27)/t12-,16+/m0/s1. The Morgan fingerprint density at radius 1 is 1.23 bits per heavy atom. The molecule has 4 heterocycles. The van der Waals surface area contributed by atoms with Crippen molar-refractivity contribution < 1.29 is 23.0 Å². The van der Waals surface area contributed by atoms with Crippen LogP contribution in [0.4, 0.5) is 10.3 Å². The average Bonchev–Trinajstić information content (AvgIpc) is 3.24. The molecule has 0 bridgehead atoms. The predicted octanol–water partition coefficient (Wildman–Crippen LogP) is 1.63. The zero-order valence-electron chi connectivity index (χ0n) is 18.8. The van der Waals surface area contributed by atoms with Crippen molar-refractivity contribution in [1.29, 1.82) is 0 Å². The summed E-state index contributed by atoms with van der Waals surface area (Å²) >= 11 is 6.39. The summed E-state index contributed by atoms with van der Waals surface area (Å²) in [6, 6.07) is 2.14. The Kier molecular flexibility index (Phi) is 7.62. The van der Waals surface area contributed by atoms with Crippen LogP contribution < -0.4 is 5.32 Å². The second-order valence-corrected chi connectivity index (χ2v) is 10.6. The first-order chi connectivity index (χ1) is 16.7. The lowest BCUT2D eigenvalue weighted by molar-refractivity contribution is 0.203. The van der Waals surface area contributed by atoms with Crippen LogP contribution in [0.3, 0.4) is 0 Å². The molecule has 1 fully saturated rings. The molecule has 0 spiro atoms. The number of nitrogens with one attached hydrogen (secondary N) is 2. The number of aromatic nitrogens is 5. The first-order valence-electron chi connectivity index (χ1n) is 10.9. The van der Waals surface area contributed by atoms with Crippen LogP contribution in [0.2, 0.25) is 5.15 Å². The molecule has 0 unspecified atom stereocenters. The van der Waals surface area contributed by atoms with E-state index in [0.29, 0.717) is 23.6 Å². The molecule has 2 atom stereocenters. The van der Waals surface area contributed by atoms with E-state index < -0.39 is 21.9 Å². The Labute approximate surface area is 206 Å². The van der Waals surface area contributed by atoms with Gasteiger partial charge in [-0.2, -0.15) is 4.31 Å². The molecule has 3 aromatic rings. The lowest BCUT2D eigenvalue weighted by Crippen LogP contribution is -2.42. The van der Waals surface area contributed by atoms with E-state index in [1.165, 1.54) is 28.8 Å². The van der Waals surface area contributed by atoms with Crippen LogP contribution >= 0.6 is 11.6 Å². The van der Waals surface area contributed by atoms with Crippen LogP contribution in [-0.2, 0) is 10.0 Å². The van der Waals surface area contributed by atoms with Crippen LogP contribution in [0.25, 0.3) is 11.5 Å². The highest BCUT2D eigenvalue weighted by atomic mass is 35.5. The first-order valence-corrected chi connectivity index (χ1v) is 12.7. The van der Waals surface area contributed by atoms with Crippen molar-refractivity contribution >= 4 is 27.6 Å². The number of halogens is 2. The van der Waals surface area contributed by atoms with Gasteiger partial charge in [-0.1, -0.05) is 18.5 Å². The van der Waals surface area contributed by atoms with E-state index in [2.05, 4.69) is 30.2 Å². The average molecular weight is 526 g/mol. The van der Waals surface area contributed by atoms with E-state index in [9.17, 15) is 12.8 Å². The maximum atomic E-state index is 13.2. The molecular weight excluding hydrogens is 501 g/mol. The third kappa shape index (κ3) is 5.43. The number of hydrogen-bond acceptors (Lipinski definition) is 9. The molecule has 14 heteroatoms. The fraction of sp³-hybridized carbons (Fsp3) is 0.429. The normalized spacial score (nSPS) is 19.3. The number of sulfonamides is 1. The fourth-order valence-electron chi connectivity index (χ4n) is 4.01. The summed E-state index contributed by atoms with van der Waals surface area (Å²) in [5.41, 5.74) is 1.15. The predicted molar refractivity (Wildman–Crippen MR) is 126 cm³/mol. The van der Waals surface area contributed by atoms with Crippen molar-refractivity contribution in [3.8, 4) is 11.5 Å². The number of anilines is 1. The Hall–Kier alpha value is -2.71. The van der Waals surface area contributed by atoms with Gasteiger partial charge in [0.25, 0.3) is 0 Å². The smallest absolute Gasteiger partial charge is 0.246 e. The highest BCUT2D eigenvalue weighted by Crippen LogP contribution is 2.37. The van der Waals surface area contributed by atoms with E-state index in [1.54, 1.807) is 0 Å². The molecule has 1 saturated heterocycles. The number of nitrogens with zero attached hydrogens (tertiary/aromatic N) is 5. The van der Waals surface area contributed by atoms with Gasteiger partial charge in [-0.05, 0) is 24.5 Å². The Morgan fingerprint density at radius 2 is 1.94 bits per heavy atom. The maximum Gasteiger partial charge on any atom is 0.246 e. The van der Waals surface area contributed by atoms with Crippen LogP contribution in [0.15, 0.2) is 35.6 Å². The highest BCUT2D eigenvalue weighted by Gasteiger charge is 2.36. The lowest BCUT2D eigenvalue weighted by Gasteiger charge is -2.35. The molecule has 0 aromatic carbocycles. The van der Waals surface area contributed by atoms with E-state index in [0.717, 1.165) is 6.20 Å². The number of piperidine rings is 1. The number of imidazole rings is 1. The topological polar surface area (TPSA) is 157 Å². The van der Waals surface area contributed by atoms with E-state index in [1.807, 2.05) is 6.92 Å². The Balaban J connectivity index is 1.46. The molecule has 1 aliphatic heterocycles. The van der Waals surface area contributed by atoms with Crippen LogP contribution in [-0.4, -0.2) is 80.2 Å². The van der Waals surface area contributed by atoms with Crippen LogP contribution in [0.1, 0.15) is 25.0 Å². The maximum absolute atomic E-state index is 13.2. The molecule has 4 N–H and O–H groups in total. The molecule has 1 aliphatic rings. The monoisotopic (exact) mass is 525 g/mol. The lowest BCUT2D eigenvalue weighted by atomic mass is 9.86. The molecule has 0 amide bonds. The molecule has 0 saturated carbocycles. The van der Waals surface area contributed by atoms with Crippen molar-refractivity contribution in [3.05, 3.63) is 47.4 Å². The fourth-order valence-corrected chi connectivity index (χ4v) is 5.73. The second kappa shape index (κ2) is 10.5. The molecular formula is C21H25ClFN7O4S. The Bertz CT molecular complexity index is 1250. The quantitative estimate of drug-likeness (QED) is 0.343. The van der Waals surface area contributed by atoms with Gasteiger partial charge in [-0.3, -0.25) is 0 Å². The van der Waals surface area contributed by atoms with Gasteiger partial charge in [0.2, 0.25) is 16.0 Å². The first kappa shape index (κ1) is 25.4. The highest BCUT2D eigenvalue weighted by molar-refractivity contribution is 7.89. The van der Waals surface area contributed by atoms with Gasteiger partial charge < -0.3 is 20.5 Å². The summed E-state index contributed by atoms with van der Waals surface area (Å²) in [5.74, 6) is -0.0774. The molecule has 4 rings (SSSR count). The summed E-state index contributed by atoms with van der Waals surface area (Å²) in [7, 11) is -3.83. The second-order valence-electron chi connectivity index (χ2n) is 8.34. The van der Waals surface area contributed by atoms with Gasteiger partial charge >= 0.3 is 0 Å². The minimum Gasteiger partial charge on any atom is -0.394 e. The van der Waals surface area contributed by atoms with Crippen molar-refractivity contribution in [3.63, 3.8) is 0 Å². The molecule has 35 heavy (non-hydrogen) atoms. The van der Waals surface area contributed by atoms with Gasteiger partial charge in [0, 0.05) is 19.0 Å². The van der Waals surface area contributed by atoms with Gasteiger partial charge in [-0.25, -0.2) is 32.7 Å². The van der Waals surface area contributed by atoms with Crippen molar-refractivity contribution in [2.45, 2.75) is 30.2 Å². The zero-order valence-corrected chi connectivity index (χ0v) is 20.3. The summed E-state index contributed by atoms with van der Waals surface area (Å²) in [4.78, 5) is 19.4. The molecule has 11 nitrogen and oxygen atoms in total. The Morgan fingerprint density at radius 3 is 2.54 bits per heavy atom. The number of aliphatic hydroxyl groups is 2. The van der Waals surface area contributed by atoms with E-state index in [4.69, 9.17) is 21.8 Å². The number of aromatic amines is 1. The van der Waals surface area contributed by atoms with Crippen LogP contribution in [0, 0.1) is 11.7 Å². The molecule has 188 valence electrons. The van der Waals surface area contributed by atoms with Crippen molar-refractivity contribution in [1.82, 2.24) is 29.2 Å². The number of rotatable bonds is 8. The van der Waals surface area contributed by atoms with E-state index in [-0.39, 0.29) is 54.1 Å². The van der Waals surface area contributed by atoms with Gasteiger partial charge in [0.05, 0.1) is 43.5 Å². The summed E-state index contributed by atoms with van der Waals surface area (Å²) in [6.45, 7) is 1.80. The molecule has 0 aliphatic carbocycles. The minimum atomic E-state index is -3.83. The van der Waals surface area contributed by atoms with Gasteiger partial charge in [0.15, 0.2) is 11.0 Å². The van der Waals surface area contributed by atoms with Crippen molar-refractivity contribution in [2.75, 3.05) is 31.6 Å². The third-order valence-corrected chi connectivity index (χ3v) is 8.04. The summed E-state index contributed by atoms with van der Waals surface area (Å²) < 4.78 is 40.9. The molecule has 0 radical (unpaired) electrons. The number of pyridine rings is 1. The number of H-pyrrole nitrogens is 1. The van der Waals surface area contributed by atoms with E-state index >= 15 is 0 Å². The van der Waals surface area contributed by atoms with Gasteiger partial charge in [0.1, 0.15) is 16.4 Å². The SMILES string of the molecule is C[C@H]1CN(S(=O)(=O)c2cnc(NC(CO)CO)nc2)CC[C@H]1c1[nH]c(-c2ccc(F)cn2)nc1Cl. The number of aliphatic hydroxyl groups excluding tert-OH is 2. The molecule has 3 aromatic heterocycles. The summed E-state index contributed by atoms with van der Waals surface area (Å²) in [5, 5.41) is 21.3. The van der Waals surface area contributed by atoms with Crippen molar-refractivity contribution in [2.24, 2.45) is 5.92 Å². The van der Waals surface area contributed by atoms with Crippen LogP contribution in [0.5, 0.6) is 0 Å². The van der Waals surface area contributed by atoms with Gasteiger partial charge in [-0.15, -0.1) is 0 Å². The zero-order chi connectivity index (χ0) is 25.2. The minimum absolute atomic E-state index is 0.0532. The third-order valence-electron chi connectivity index (χ3n) is 5.93.